The van der Waals surface area contributed by atoms with E-state index >= 15 is 0 Å². The fourth-order valence-electron chi connectivity index (χ4n) is 5.49. The van der Waals surface area contributed by atoms with Gasteiger partial charge in [-0.2, -0.15) is 0 Å². The lowest BCUT2D eigenvalue weighted by Gasteiger charge is -2.10. The Labute approximate surface area is 241 Å². The first-order chi connectivity index (χ1) is 20.3. The van der Waals surface area contributed by atoms with Crippen molar-refractivity contribution in [2.45, 2.75) is 0 Å². The number of thiophene rings is 1. The van der Waals surface area contributed by atoms with Gasteiger partial charge in [-0.05, 0) is 40.1 Å². The van der Waals surface area contributed by atoms with Crippen molar-refractivity contribution in [1.29, 1.82) is 0 Å². The monoisotopic (exact) mass is 541 g/mol. The molecule has 0 bridgehead atoms. The summed E-state index contributed by atoms with van der Waals surface area (Å²) in [5, 5.41) is 5.04. The van der Waals surface area contributed by atoms with Gasteiger partial charge in [-0.25, -0.2) is 15.0 Å². The topological polar surface area (TPSA) is 38.7 Å². The molecule has 0 unspecified atom stereocenters. The molecule has 0 radical (unpaired) electrons. The minimum absolute atomic E-state index is 0.660. The van der Waals surface area contributed by atoms with Crippen molar-refractivity contribution in [3.8, 4) is 45.3 Å². The van der Waals surface area contributed by atoms with E-state index in [0.717, 1.165) is 22.3 Å². The Morgan fingerprint density at radius 2 is 0.902 bits per heavy atom. The third-order valence-corrected chi connectivity index (χ3v) is 8.67. The number of hydrogen-bond donors (Lipinski definition) is 0. The van der Waals surface area contributed by atoms with Crippen LogP contribution in [0, 0.1) is 0 Å². The molecule has 3 nitrogen and oxygen atoms in total. The van der Waals surface area contributed by atoms with E-state index in [1.165, 1.54) is 36.5 Å². The first kappa shape index (κ1) is 23.7. The summed E-state index contributed by atoms with van der Waals surface area (Å²) in [6, 6.07) is 48.6. The van der Waals surface area contributed by atoms with E-state index in [2.05, 4.69) is 103 Å². The summed E-state index contributed by atoms with van der Waals surface area (Å²) < 4.78 is 2.62. The van der Waals surface area contributed by atoms with Crippen molar-refractivity contribution in [2.75, 3.05) is 0 Å². The minimum atomic E-state index is 0.660. The van der Waals surface area contributed by atoms with E-state index in [0.29, 0.717) is 17.5 Å². The second-order valence-corrected chi connectivity index (χ2v) is 11.2. The van der Waals surface area contributed by atoms with Crippen LogP contribution >= 0.6 is 11.3 Å². The standard InChI is InChI=1S/C37H23N3S/c1-3-9-24(10-4-1)25-15-17-27(18-16-25)36-38-35(26-11-5-2-6-12-26)39-37(40-36)29-19-21-30-28(23-29)20-22-33-34(30)31-13-7-8-14-32(31)41-33/h1-23H. The Morgan fingerprint density at radius 1 is 0.366 bits per heavy atom. The number of fused-ring (bicyclic) bond motifs is 5. The van der Waals surface area contributed by atoms with E-state index in [1.807, 2.05) is 47.7 Å². The number of rotatable bonds is 4. The molecule has 0 N–H and O–H groups in total. The molecule has 2 heterocycles. The smallest absolute Gasteiger partial charge is 0.164 e. The zero-order chi connectivity index (χ0) is 27.2. The molecule has 192 valence electrons. The highest BCUT2D eigenvalue weighted by Gasteiger charge is 2.14. The van der Waals surface area contributed by atoms with Gasteiger partial charge >= 0.3 is 0 Å². The molecule has 41 heavy (non-hydrogen) atoms. The molecule has 0 spiro atoms. The summed E-state index contributed by atoms with van der Waals surface area (Å²) in [6.45, 7) is 0. The Kier molecular flexibility index (Phi) is 5.64. The zero-order valence-corrected chi connectivity index (χ0v) is 22.8. The Balaban J connectivity index is 1.27. The molecule has 2 aromatic heterocycles. The number of benzene rings is 6. The second-order valence-electron chi connectivity index (χ2n) is 10.1. The SMILES string of the molecule is c1ccc(-c2ccc(-c3nc(-c4ccccc4)nc(-c4ccc5c(ccc6sc7ccccc7c65)c4)n3)cc2)cc1. The number of nitrogens with zero attached hydrogens (tertiary/aromatic N) is 3. The van der Waals surface area contributed by atoms with Crippen LogP contribution < -0.4 is 0 Å². The van der Waals surface area contributed by atoms with Gasteiger partial charge in [0.15, 0.2) is 17.5 Å². The van der Waals surface area contributed by atoms with Crippen LogP contribution in [0.3, 0.4) is 0 Å². The van der Waals surface area contributed by atoms with Gasteiger partial charge in [-0.15, -0.1) is 11.3 Å². The van der Waals surface area contributed by atoms with Crippen LogP contribution in [0.15, 0.2) is 140 Å². The molecular weight excluding hydrogens is 518 g/mol. The zero-order valence-electron chi connectivity index (χ0n) is 22.0. The first-order valence-electron chi connectivity index (χ1n) is 13.6. The van der Waals surface area contributed by atoms with Crippen molar-refractivity contribution in [1.82, 2.24) is 15.0 Å². The van der Waals surface area contributed by atoms with Gasteiger partial charge in [-0.1, -0.05) is 121 Å². The molecule has 6 aromatic carbocycles. The van der Waals surface area contributed by atoms with Gasteiger partial charge in [0.25, 0.3) is 0 Å². The number of hydrogen-bond acceptors (Lipinski definition) is 4. The predicted molar refractivity (Wildman–Crippen MR) is 172 cm³/mol. The highest BCUT2D eigenvalue weighted by molar-refractivity contribution is 7.26. The van der Waals surface area contributed by atoms with Crippen LogP contribution in [-0.2, 0) is 0 Å². The van der Waals surface area contributed by atoms with Crippen LogP contribution in [0.5, 0.6) is 0 Å². The molecule has 0 amide bonds. The van der Waals surface area contributed by atoms with Crippen LogP contribution in [-0.4, -0.2) is 15.0 Å². The summed E-state index contributed by atoms with van der Waals surface area (Å²) in [5.74, 6) is 1.99. The largest absolute Gasteiger partial charge is 0.208 e. The second kappa shape index (κ2) is 9.77. The van der Waals surface area contributed by atoms with Gasteiger partial charge in [0, 0.05) is 36.9 Å². The van der Waals surface area contributed by atoms with E-state index in [9.17, 15) is 0 Å². The lowest BCUT2D eigenvalue weighted by Crippen LogP contribution is -2.00. The average Bonchev–Trinajstić information content (AvgIpc) is 3.44. The van der Waals surface area contributed by atoms with Crippen LogP contribution in [0.2, 0.25) is 0 Å². The molecule has 8 aromatic rings. The highest BCUT2D eigenvalue weighted by Crippen LogP contribution is 2.39. The normalized spacial score (nSPS) is 11.4. The maximum absolute atomic E-state index is 4.99. The van der Waals surface area contributed by atoms with Crippen LogP contribution in [0.25, 0.3) is 76.2 Å². The summed E-state index contributed by atoms with van der Waals surface area (Å²) in [6.07, 6.45) is 0. The molecule has 0 aliphatic heterocycles. The number of aromatic nitrogens is 3. The first-order valence-corrected chi connectivity index (χ1v) is 14.4. The molecule has 0 atom stereocenters. The fourth-order valence-corrected chi connectivity index (χ4v) is 6.61. The third-order valence-electron chi connectivity index (χ3n) is 7.53. The molecule has 0 saturated carbocycles. The van der Waals surface area contributed by atoms with Crippen molar-refractivity contribution in [2.24, 2.45) is 0 Å². The maximum atomic E-state index is 4.99. The maximum Gasteiger partial charge on any atom is 0.164 e. The molecule has 0 saturated heterocycles. The van der Waals surface area contributed by atoms with Crippen LogP contribution in [0.4, 0.5) is 0 Å². The van der Waals surface area contributed by atoms with Gasteiger partial charge < -0.3 is 0 Å². The van der Waals surface area contributed by atoms with Crippen LogP contribution in [0.1, 0.15) is 0 Å². The Hall–Kier alpha value is -5.19. The minimum Gasteiger partial charge on any atom is -0.208 e. The fraction of sp³-hybridized carbons (Fsp3) is 0. The van der Waals surface area contributed by atoms with E-state index in [4.69, 9.17) is 15.0 Å². The van der Waals surface area contributed by atoms with Crippen molar-refractivity contribution in [3.63, 3.8) is 0 Å². The average molecular weight is 542 g/mol. The highest BCUT2D eigenvalue weighted by atomic mass is 32.1. The summed E-state index contributed by atoms with van der Waals surface area (Å²) in [5.41, 5.74) is 5.24. The van der Waals surface area contributed by atoms with Crippen molar-refractivity contribution < 1.29 is 0 Å². The van der Waals surface area contributed by atoms with E-state index < -0.39 is 0 Å². The summed E-state index contributed by atoms with van der Waals surface area (Å²) in [4.78, 5) is 14.9. The molecule has 0 fully saturated rings. The van der Waals surface area contributed by atoms with Crippen molar-refractivity contribution in [3.05, 3.63) is 140 Å². The van der Waals surface area contributed by atoms with Gasteiger partial charge in [-0.3, -0.25) is 0 Å². The predicted octanol–water partition coefficient (Wildman–Crippen LogP) is 10.1. The molecular formula is C37H23N3S. The molecule has 0 aliphatic rings. The van der Waals surface area contributed by atoms with E-state index in [-0.39, 0.29) is 0 Å². The quantitative estimate of drug-likeness (QED) is 0.222. The Bertz CT molecular complexity index is 2180. The van der Waals surface area contributed by atoms with Gasteiger partial charge in [0.1, 0.15) is 0 Å². The molecule has 8 rings (SSSR count). The lowest BCUT2D eigenvalue weighted by atomic mass is 10.0. The molecule has 0 aliphatic carbocycles. The molecule has 4 heteroatoms. The third kappa shape index (κ3) is 4.26. The lowest BCUT2D eigenvalue weighted by molar-refractivity contribution is 1.07. The summed E-state index contributed by atoms with van der Waals surface area (Å²) >= 11 is 1.84. The summed E-state index contributed by atoms with van der Waals surface area (Å²) in [7, 11) is 0. The van der Waals surface area contributed by atoms with Gasteiger partial charge in [0.2, 0.25) is 0 Å². The van der Waals surface area contributed by atoms with E-state index in [1.54, 1.807) is 0 Å². The van der Waals surface area contributed by atoms with Gasteiger partial charge in [0.05, 0.1) is 0 Å². The van der Waals surface area contributed by atoms with Crippen molar-refractivity contribution >= 4 is 42.3 Å². The Morgan fingerprint density at radius 3 is 1.63 bits per heavy atom.